The van der Waals surface area contributed by atoms with Gasteiger partial charge in [0.15, 0.2) is 22.7 Å². The first-order valence-electron chi connectivity index (χ1n) is 16.0. The first kappa shape index (κ1) is 39.0. The summed E-state index contributed by atoms with van der Waals surface area (Å²) in [6, 6.07) is 18.8. The molecule has 45 heavy (non-hydrogen) atoms. The van der Waals surface area contributed by atoms with Crippen molar-refractivity contribution in [2.75, 3.05) is 13.2 Å². The summed E-state index contributed by atoms with van der Waals surface area (Å²) in [5, 5.41) is 23.0. The predicted molar refractivity (Wildman–Crippen MR) is 190 cm³/mol. The van der Waals surface area contributed by atoms with Crippen LogP contribution in [0.1, 0.15) is 73.4 Å². The third kappa shape index (κ3) is 11.0. The lowest BCUT2D eigenvalue weighted by Crippen LogP contribution is -2.53. The van der Waals surface area contributed by atoms with Crippen LogP contribution in [-0.2, 0) is 18.4 Å². The number of rotatable bonds is 13. The summed E-state index contributed by atoms with van der Waals surface area (Å²) in [7, 11) is -4.53. The van der Waals surface area contributed by atoms with Gasteiger partial charge in [-0.2, -0.15) is 0 Å². The van der Waals surface area contributed by atoms with Crippen LogP contribution in [0, 0.1) is 5.41 Å². The molecule has 0 saturated carbocycles. The molecule has 0 spiro atoms. The molecule has 7 nitrogen and oxygen atoms in total. The van der Waals surface area contributed by atoms with Crippen LogP contribution in [-0.4, -0.2) is 76.1 Å². The molecule has 4 atom stereocenters. The van der Waals surface area contributed by atoms with Crippen LogP contribution in [0.5, 0.6) is 0 Å². The van der Waals surface area contributed by atoms with E-state index in [2.05, 4.69) is 67.7 Å². The number of esters is 1. The highest BCUT2D eigenvalue weighted by molar-refractivity contribution is 6.74. The Hall–Kier alpha value is -2.15. The van der Waals surface area contributed by atoms with Gasteiger partial charge in [0.05, 0.1) is 24.3 Å². The molecular weight excluding hydrogens is 599 g/mol. The van der Waals surface area contributed by atoms with E-state index in [1.54, 1.807) is 20.8 Å². The summed E-state index contributed by atoms with van der Waals surface area (Å²) in [6.07, 6.45) is -4.01. The number of hydrogen-bond acceptors (Lipinski definition) is 7. The summed E-state index contributed by atoms with van der Waals surface area (Å²) in [5.41, 5.74) is 1.57. The fourth-order valence-corrected chi connectivity index (χ4v) is 5.93. The molecule has 0 bridgehead atoms. The number of benzene rings is 2. The zero-order valence-corrected chi connectivity index (χ0v) is 32.0. The summed E-state index contributed by atoms with van der Waals surface area (Å²) < 4.78 is 19.1. The highest BCUT2D eigenvalue weighted by Gasteiger charge is 2.44. The molecule has 2 N–H and O–H groups in total. The van der Waals surface area contributed by atoms with Gasteiger partial charge in [-0.3, -0.25) is 9.79 Å². The first-order valence-corrected chi connectivity index (χ1v) is 21.8. The zero-order valence-electron chi connectivity index (χ0n) is 30.0. The lowest BCUT2D eigenvalue weighted by molar-refractivity contribution is -0.173. The molecule has 9 heteroatoms. The normalized spacial score (nSPS) is 16.0. The molecule has 2 rings (SSSR count). The average molecular weight is 658 g/mol. The number of aliphatic hydroxyl groups is 2. The minimum atomic E-state index is -2.30. The first-order chi connectivity index (χ1) is 20.5. The largest absolute Gasteiger partial charge is 0.457 e. The Morgan fingerprint density at radius 3 is 1.49 bits per heavy atom. The topological polar surface area (TPSA) is 97.6 Å². The van der Waals surface area contributed by atoms with Crippen molar-refractivity contribution in [2.45, 2.75) is 123 Å². The van der Waals surface area contributed by atoms with E-state index in [9.17, 15) is 15.0 Å². The van der Waals surface area contributed by atoms with E-state index < -0.39 is 52.4 Å². The van der Waals surface area contributed by atoms with Gasteiger partial charge >= 0.3 is 5.97 Å². The van der Waals surface area contributed by atoms with Crippen LogP contribution >= 0.6 is 0 Å². The van der Waals surface area contributed by atoms with Crippen molar-refractivity contribution < 1.29 is 28.6 Å². The Morgan fingerprint density at radius 2 is 1.11 bits per heavy atom. The maximum Gasteiger partial charge on any atom is 0.311 e. The van der Waals surface area contributed by atoms with Crippen LogP contribution in [0.25, 0.3) is 0 Å². The number of carbonyl (C=O) groups is 1. The Labute approximate surface area is 274 Å². The quantitative estimate of drug-likeness (QED) is 0.131. The Balaban J connectivity index is 2.71. The van der Waals surface area contributed by atoms with Gasteiger partial charge in [-0.15, -0.1) is 0 Å². The smallest absolute Gasteiger partial charge is 0.311 e. The minimum absolute atomic E-state index is 0.0835. The van der Waals surface area contributed by atoms with Gasteiger partial charge in [0.2, 0.25) is 0 Å². The molecule has 2 aromatic carbocycles. The standard InChI is InChI=1S/C36H59NO6Si2/c1-34(2,3)33(40)43-32(31(39)29(38)25-42-45(12,13)36(7,8)9)28(24-41-44(10,11)35(4,5)6)37-30(26-20-16-14-17-21-26)27-22-18-15-19-23-27/h14-23,28-29,31-32,38-39H,24-25H2,1-13H3/t28-,29+,31-,32+/m0/s1. The fraction of sp³-hybridized carbons (Fsp3) is 0.611. The SMILES string of the molecule is CC(C)(C)C(=O)O[C@@H]([C@@H](O)[C@H](O)CO[Si](C)(C)C(C)(C)C)[C@H](CO[Si](C)(C)C(C)(C)C)N=C(c1ccccc1)c1ccccc1. The summed E-state index contributed by atoms with van der Waals surface area (Å²) in [6.45, 7) is 26.6. The van der Waals surface area contributed by atoms with Gasteiger partial charge in [0.1, 0.15) is 18.2 Å². The van der Waals surface area contributed by atoms with E-state index in [4.69, 9.17) is 18.6 Å². The number of hydrogen-bond donors (Lipinski definition) is 2. The van der Waals surface area contributed by atoms with Gasteiger partial charge in [-0.25, -0.2) is 0 Å². The summed E-state index contributed by atoms with van der Waals surface area (Å²) >= 11 is 0. The molecule has 0 aliphatic carbocycles. The lowest BCUT2D eigenvalue weighted by atomic mass is 9.95. The Kier molecular flexibility index (Phi) is 13.2. The van der Waals surface area contributed by atoms with Gasteiger partial charge in [0, 0.05) is 11.1 Å². The molecule has 0 saturated heterocycles. The van der Waals surface area contributed by atoms with Crippen molar-refractivity contribution in [3.8, 4) is 0 Å². The molecule has 0 radical (unpaired) electrons. The Bertz CT molecular complexity index is 1200. The number of aliphatic imine (C=N–C) groups is 1. The van der Waals surface area contributed by atoms with E-state index in [-0.39, 0.29) is 23.3 Å². The van der Waals surface area contributed by atoms with E-state index in [1.807, 2.05) is 60.7 Å². The maximum atomic E-state index is 13.4. The van der Waals surface area contributed by atoms with Crippen LogP contribution in [0.4, 0.5) is 0 Å². The molecule has 0 unspecified atom stereocenters. The molecule has 0 aliphatic rings. The van der Waals surface area contributed by atoms with Gasteiger partial charge < -0.3 is 23.8 Å². The number of nitrogens with zero attached hydrogens (tertiary/aromatic N) is 1. The highest BCUT2D eigenvalue weighted by atomic mass is 28.4. The Morgan fingerprint density at radius 1 is 0.711 bits per heavy atom. The maximum absolute atomic E-state index is 13.4. The van der Waals surface area contributed by atoms with E-state index >= 15 is 0 Å². The van der Waals surface area contributed by atoms with Crippen LogP contribution in [0.3, 0.4) is 0 Å². The second kappa shape index (κ2) is 15.2. The number of aliphatic hydroxyl groups excluding tert-OH is 2. The second-order valence-electron chi connectivity index (χ2n) is 16.1. The zero-order chi connectivity index (χ0) is 34.4. The van der Waals surface area contributed by atoms with Crippen molar-refractivity contribution in [2.24, 2.45) is 10.4 Å². The monoisotopic (exact) mass is 657 g/mol. The molecule has 2 aromatic rings. The van der Waals surface area contributed by atoms with Crippen LogP contribution in [0.2, 0.25) is 36.3 Å². The molecule has 0 amide bonds. The van der Waals surface area contributed by atoms with Gasteiger partial charge in [-0.05, 0) is 57.0 Å². The van der Waals surface area contributed by atoms with Gasteiger partial charge in [0.25, 0.3) is 0 Å². The van der Waals surface area contributed by atoms with E-state index in [0.29, 0.717) is 5.71 Å². The van der Waals surface area contributed by atoms with Crippen molar-refractivity contribution >= 4 is 28.3 Å². The van der Waals surface area contributed by atoms with Crippen molar-refractivity contribution in [3.05, 3.63) is 71.8 Å². The molecule has 0 heterocycles. The molecule has 0 aliphatic heterocycles. The average Bonchev–Trinajstić information content (AvgIpc) is 2.93. The van der Waals surface area contributed by atoms with E-state index in [0.717, 1.165) is 11.1 Å². The molecular formula is C36H59NO6Si2. The minimum Gasteiger partial charge on any atom is -0.457 e. The molecule has 0 aromatic heterocycles. The molecule has 252 valence electrons. The molecule has 0 fully saturated rings. The van der Waals surface area contributed by atoms with Crippen LogP contribution < -0.4 is 0 Å². The summed E-state index contributed by atoms with van der Waals surface area (Å²) in [5.74, 6) is -0.502. The van der Waals surface area contributed by atoms with E-state index in [1.165, 1.54) is 0 Å². The third-order valence-corrected chi connectivity index (χ3v) is 18.2. The summed E-state index contributed by atoms with van der Waals surface area (Å²) in [4.78, 5) is 18.6. The van der Waals surface area contributed by atoms with Crippen LogP contribution in [0.15, 0.2) is 65.7 Å². The number of ether oxygens (including phenoxy) is 1. The fourth-order valence-electron chi connectivity index (χ4n) is 3.89. The highest BCUT2D eigenvalue weighted by Crippen LogP contribution is 2.38. The lowest BCUT2D eigenvalue weighted by Gasteiger charge is -2.40. The van der Waals surface area contributed by atoms with Crippen molar-refractivity contribution in [1.82, 2.24) is 0 Å². The van der Waals surface area contributed by atoms with Gasteiger partial charge in [-0.1, -0.05) is 102 Å². The predicted octanol–water partition coefficient (Wildman–Crippen LogP) is 7.62. The van der Waals surface area contributed by atoms with Crippen molar-refractivity contribution in [1.29, 1.82) is 0 Å². The number of carbonyl (C=O) groups excluding carboxylic acids is 1. The third-order valence-electron chi connectivity index (χ3n) is 9.20. The second-order valence-corrected chi connectivity index (χ2v) is 25.7. The van der Waals surface area contributed by atoms with Crippen molar-refractivity contribution in [3.63, 3.8) is 0 Å².